The highest BCUT2D eigenvalue weighted by atomic mass is 16.5. The van der Waals surface area contributed by atoms with Crippen LogP contribution < -0.4 is 5.32 Å². The molecule has 0 aliphatic carbocycles. The molecule has 1 aromatic heterocycles. The lowest BCUT2D eigenvalue weighted by Crippen LogP contribution is -2.06. The summed E-state index contributed by atoms with van der Waals surface area (Å²) in [5.74, 6) is -0.295. The molecule has 0 bridgehead atoms. The van der Waals surface area contributed by atoms with Crippen molar-refractivity contribution < 1.29 is 9.53 Å². The van der Waals surface area contributed by atoms with Gasteiger partial charge in [0.25, 0.3) is 0 Å². The maximum absolute atomic E-state index is 11.7. The molecule has 2 rings (SSSR count). The molecule has 0 radical (unpaired) electrons. The Labute approximate surface area is 124 Å². The molecule has 5 heteroatoms. The molecule has 5 nitrogen and oxygen atoms in total. The van der Waals surface area contributed by atoms with Crippen LogP contribution in [0.4, 0.5) is 5.69 Å². The Bertz CT molecular complexity index is 620. The van der Waals surface area contributed by atoms with Crippen molar-refractivity contribution in [3.8, 4) is 0 Å². The minimum atomic E-state index is -0.295. The fourth-order valence-electron chi connectivity index (χ4n) is 2.20. The summed E-state index contributed by atoms with van der Waals surface area (Å²) in [6.45, 7) is 4.96. The van der Waals surface area contributed by atoms with Gasteiger partial charge in [-0.2, -0.15) is 5.10 Å². The zero-order valence-electron chi connectivity index (χ0n) is 12.7. The van der Waals surface area contributed by atoms with E-state index < -0.39 is 0 Å². The third-order valence-corrected chi connectivity index (χ3v) is 3.18. The van der Waals surface area contributed by atoms with Crippen LogP contribution in [0.25, 0.3) is 0 Å². The molecule has 0 saturated heterocycles. The van der Waals surface area contributed by atoms with E-state index >= 15 is 0 Å². The molecule has 0 aliphatic heterocycles. The van der Waals surface area contributed by atoms with Crippen molar-refractivity contribution in [2.75, 3.05) is 11.9 Å². The van der Waals surface area contributed by atoms with Gasteiger partial charge in [0.1, 0.15) is 0 Å². The summed E-state index contributed by atoms with van der Waals surface area (Å²) >= 11 is 0. The molecule has 2 aromatic rings. The van der Waals surface area contributed by atoms with Crippen LogP contribution in [0.2, 0.25) is 0 Å². The summed E-state index contributed by atoms with van der Waals surface area (Å²) in [5.41, 5.74) is 3.71. The average molecular weight is 287 g/mol. The molecule has 21 heavy (non-hydrogen) atoms. The molecule has 1 aromatic carbocycles. The van der Waals surface area contributed by atoms with Gasteiger partial charge in [-0.1, -0.05) is 13.0 Å². The van der Waals surface area contributed by atoms with Crippen LogP contribution in [0.15, 0.2) is 30.5 Å². The van der Waals surface area contributed by atoms with E-state index in [0.717, 1.165) is 17.8 Å². The standard InChI is InChI=1S/C16H21N3O2/c1-4-15-13(11-19(3)18-15)10-17-14-8-6-7-12(9-14)16(20)21-5-2/h6-9,11,17H,4-5,10H2,1-3H3. The number of nitrogens with zero attached hydrogens (tertiary/aromatic N) is 2. The number of anilines is 1. The quantitative estimate of drug-likeness (QED) is 0.830. The zero-order chi connectivity index (χ0) is 15.2. The minimum absolute atomic E-state index is 0.295. The smallest absolute Gasteiger partial charge is 0.338 e. The Balaban J connectivity index is 2.06. The molecule has 0 saturated carbocycles. The van der Waals surface area contributed by atoms with Crippen molar-refractivity contribution in [1.82, 2.24) is 9.78 Å². The van der Waals surface area contributed by atoms with Gasteiger partial charge in [-0.25, -0.2) is 4.79 Å². The van der Waals surface area contributed by atoms with Crippen molar-refractivity contribution in [2.24, 2.45) is 7.05 Å². The lowest BCUT2D eigenvalue weighted by atomic mass is 10.2. The average Bonchev–Trinajstić information content (AvgIpc) is 2.86. The number of rotatable bonds is 6. The van der Waals surface area contributed by atoms with E-state index in [4.69, 9.17) is 4.74 Å². The molecule has 0 atom stereocenters. The molecule has 1 heterocycles. The number of hydrogen-bond acceptors (Lipinski definition) is 4. The highest BCUT2D eigenvalue weighted by Gasteiger charge is 2.08. The Morgan fingerprint density at radius 3 is 2.90 bits per heavy atom. The summed E-state index contributed by atoms with van der Waals surface area (Å²) in [7, 11) is 1.92. The third kappa shape index (κ3) is 3.84. The van der Waals surface area contributed by atoms with Crippen LogP contribution >= 0.6 is 0 Å². The Hall–Kier alpha value is -2.30. The minimum Gasteiger partial charge on any atom is -0.462 e. The fourth-order valence-corrected chi connectivity index (χ4v) is 2.20. The summed E-state index contributed by atoms with van der Waals surface area (Å²) in [6.07, 6.45) is 2.92. The van der Waals surface area contributed by atoms with Gasteiger partial charge in [0.2, 0.25) is 0 Å². The number of aryl methyl sites for hydroxylation is 2. The monoisotopic (exact) mass is 287 g/mol. The van der Waals surface area contributed by atoms with E-state index in [2.05, 4.69) is 17.3 Å². The normalized spacial score (nSPS) is 10.4. The number of carbonyl (C=O) groups excluding carboxylic acids is 1. The predicted octanol–water partition coefficient (Wildman–Crippen LogP) is 2.77. The number of benzene rings is 1. The SMILES string of the molecule is CCOC(=O)c1cccc(NCc2cn(C)nc2CC)c1. The fraction of sp³-hybridized carbons (Fsp3) is 0.375. The van der Waals surface area contributed by atoms with Gasteiger partial charge in [0.05, 0.1) is 17.9 Å². The first-order valence-corrected chi connectivity index (χ1v) is 7.16. The second-order valence-electron chi connectivity index (χ2n) is 4.78. The van der Waals surface area contributed by atoms with Crippen LogP contribution in [0.5, 0.6) is 0 Å². The molecular formula is C16H21N3O2. The largest absolute Gasteiger partial charge is 0.462 e. The number of hydrogen-bond donors (Lipinski definition) is 1. The van der Waals surface area contributed by atoms with Crippen LogP contribution in [0.3, 0.4) is 0 Å². The highest BCUT2D eigenvalue weighted by molar-refractivity contribution is 5.90. The number of esters is 1. The predicted molar refractivity (Wildman–Crippen MR) is 82.3 cm³/mol. The van der Waals surface area contributed by atoms with Gasteiger partial charge in [-0.05, 0) is 31.5 Å². The van der Waals surface area contributed by atoms with Gasteiger partial charge in [-0.15, -0.1) is 0 Å². The van der Waals surface area contributed by atoms with E-state index in [1.165, 1.54) is 5.56 Å². The lowest BCUT2D eigenvalue weighted by Gasteiger charge is -2.08. The number of ether oxygens (including phenoxy) is 1. The van der Waals surface area contributed by atoms with Crippen LogP contribution in [0, 0.1) is 0 Å². The lowest BCUT2D eigenvalue weighted by molar-refractivity contribution is 0.0526. The molecule has 0 unspecified atom stereocenters. The Kier molecular flexibility index (Phi) is 4.98. The highest BCUT2D eigenvalue weighted by Crippen LogP contribution is 2.15. The molecule has 0 spiro atoms. The van der Waals surface area contributed by atoms with Gasteiger partial charge in [0, 0.05) is 31.0 Å². The third-order valence-electron chi connectivity index (χ3n) is 3.18. The van der Waals surface area contributed by atoms with E-state index in [1.54, 1.807) is 19.1 Å². The molecule has 0 amide bonds. The van der Waals surface area contributed by atoms with Crippen molar-refractivity contribution >= 4 is 11.7 Å². The molecule has 112 valence electrons. The Morgan fingerprint density at radius 2 is 2.19 bits per heavy atom. The van der Waals surface area contributed by atoms with Crippen molar-refractivity contribution in [2.45, 2.75) is 26.8 Å². The first-order valence-electron chi connectivity index (χ1n) is 7.16. The molecule has 0 fully saturated rings. The second kappa shape index (κ2) is 6.92. The van der Waals surface area contributed by atoms with E-state index in [1.807, 2.05) is 30.1 Å². The van der Waals surface area contributed by atoms with Gasteiger partial charge in [-0.3, -0.25) is 4.68 Å². The molecule has 0 aliphatic rings. The number of nitrogens with one attached hydrogen (secondary N) is 1. The van der Waals surface area contributed by atoms with Crippen LogP contribution in [-0.2, 0) is 24.8 Å². The van der Waals surface area contributed by atoms with E-state index in [0.29, 0.717) is 18.7 Å². The van der Waals surface area contributed by atoms with Crippen LogP contribution in [-0.4, -0.2) is 22.4 Å². The van der Waals surface area contributed by atoms with Crippen LogP contribution in [0.1, 0.15) is 35.5 Å². The van der Waals surface area contributed by atoms with Crippen molar-refractivity contribution in [3.63, 3.8) is 0 Å². The van der Waals surface area contributed by atoms with Gasteiger partial charge >= 0.3 is 5.97 Å². The first kappa shape index (κ1) is 15.1. The van der Waals surface area contributed by atoms with Gasteiger partial charge in [0.15, 0.2) is 0 Å². The summed E-state index contributed by atoms with van der Waals surface area (Å²) in [6, 6.07) is 7.34. The molecular weight excluding hydrogens is 266 g/mol. The zero-order valence-corrected chi connectivity index (χ0v) is 12.7. The van der Waals surface area contributed by atoms with Crippen molar-refractivity contribution in [3.05, 3.63) is 47.3 Å². The summed E-state index contributed by atoms with van der Waals surface area (Å²) in [4.78, 5) is 11.7. The van der Waals surface area contributed by atoms with Crippen molar-refractivity contribution in [1.29, 1.82) is 0 Å². The first-order chi connectivity index (χ1) is 10.1. The maximum atomic E-state index is 11.7. The number of aromatic nitrogens is 2. The maximum Gasteiger partial charge on any atom is 0.338 e. The summed E-state index contributed by atoms with van der Waals surface area (Å²) in [5, 5.41) is 7.74. The number of carbonyl (C=O) groups is 1. The topological polar surface area (TPSA) is 56.1 Å². The van der Waals surface area contributed by atoms with Gasteiger partial charge < -0.3 is 10.1 Å². The summed E-state index contributed by atoms with van der Waals surface area (Å²) < 4.78 is 6.83. The Morgan fingerprint density at radius 1 is 1.38 bits per heavy atom. The molecule has 1 N–H and O–H groups in total. The second-order valence-corrected chi connectivity index (χ2v) is 4.78. The van der Waals surface area contributed by atoms with E-state index in [-0.39, 0.29) is 5.97 Å². The van der Waals surface area contributed by atoms with E-state index in [9.17, 15) is 4.79 Å².